The van der Waals surface area contributed by atoms with Gasteiger partial charge in [0.15, 0.2) is 24.5 Å². The van der Waals surface area contributed by atoms with Crippen molar-refractivity contribution in [3.63, 3.8) is 0 Å². The molecule has 0 radical (unpaired) electrons. The molecule has 9 aromatic rings. The molecule has 4 heterocycles. The molecule has 1 aliphatic rings. The molecular weight excluding hydrogens is 739 g/mol. The highest BCUT2D eigenvalue weighted by atomic mass is 16.5. The Morgan fingerprint density at radius 1 is 0.600 bits per heavy atom. The van der Waals surface area contributed by atoms with Gasteiger partial charge in [-0.3, -0.25) is 4.57 Å². The molecule has 8 nitrogen and oxygen atoms in total. The molecule has 0 unspecified atom stereocenters. The second-order valence-electron chi connectivity index (χ2n) is 16.5. The lowest BCUT2D eigenvalue weighted by Crippen LogP contribution is -2.12. The maximum atomic E-state index is 7.07. The third-order valence-electron chi connectivity index (χ3n) is 11.1. The number of nitrogens with zero attached hydrogens (tertiary/aromatic N) is 7. The Morgan fingerprint density at radius 2 is 1.25 bits per heavy atom. The van der Waals surface area contributed by atoms with Crippen molar-refractivity contribution >= 4 is 44.9 Å². The van der Waals surface area contributed by atoms with Crippen molar-refractivity contribution in [3.8, 4) is 51.5 Å². The fraction of sp³-hybridized carbons (Fsp3) is 0.135. The van der Waals surface area contributed by atoms with Crippen molar-refractivity contribution in [3.05, 3.63) is 168 Å². The Bertz CT molecular complexity index is 3160. The second-order valence-corrected chi connectivity index (χ2v) is 16.5. The zero-order valence-electron chi connectivity index (χ0n) is 34.5. The molecule has 290 valence electrons. The average molecular weight is 782 g/mol. The van der Waals surface area contributed by atoms with E-state index >= 15 is 0 Å². The lowest BCUT2D eigenvalue weighted by molar-refractivity contribution is -0.394. The topological polar surface area (TPSA) is 71.7 Å². The Balaban J connectivity index is 1.22. The van der Waals surface area contributed by atoms with Crippen LogP contribution in [-0.2, 0) is 5.41 Å². The molecule has 6 aromatic carbocycles. The molecule has 0 N–H and O–H groups in total. The molecule has 1 aliphatic heterocycles. The number of benzene rings is 6. The Kier molecular flexibility index (Phi) is 8.81. The lowest BCUT2D eigenvalue weighted by atomic mass is 9.88. The van der Waals surface area contributed by atoms with E-state index in [9.17, 15) is 0 Å². The van der Waals surface area contributed by atoms with Crippen LogP contribution in [0.5, 0.6) is 11.5 Å². The molecule has 0 bridgehead atoms. The smallest absolute Gasteiger partial charge is 0.456 e. The van der Waals surface area contributed by atoms with Gasteiger partial charge in [-0.1, -0.05) is 121 Å². The third kappa shape index (κ3) is 6.63. The number of hydrogen-bond donors (Lipinski definition) is 0. The van der Waals surface area contributed by atoms with Gasteiger partial charge in [-0.2, -0.15) is 0 Å². The van der Waals surface area contributed by atoms with Crippen LogP contribution >= 0.6 is 0 Å². The van der Waals surface area contributed by atoms with Gasteiger partial charge in [-0.15, -0.1) is 0 Å². The third-order valence-corrected chi connectivity index (χ3v) is 11.1. The SMILES string of the molecule is Cc1ccc(-c2nc(-c3ccc(C)cc3)nc(-c3cc4c5ccccc5n(-c5cc(C(C)(C)C)ccn5)c4cc3Oc3cccc([N+]4=C=[N+](C)c5ccccc54)c3)n2)cc1. The summed E-state index contributed by atoms with van der Waals surface area (Å²) in [5.41, 5.74) is 11.0. The van der Waals surface area contributed by atoms with Gasteiger partial charge >= 0.3 is 6.01 Å². The highest BCUT2D eigenvalue weighted by Crippen LogP contribution is 2.42. The molecule has 0 saturated carbocycles. The number of hydrogen-bond acceptors (Lipinski definition) is 5. The summed E-state index contributed by atoms with van der Waals surface area (Å²) in [6, 6.07) is 53.5. The summed E-state index contributed by atoms with van der Waals surface area (Å²) in [5.74, 6) is 3.75. The zero-order chi connectivity index (χ0) is 41.1. The van der Waals surface area contributed by atoms with E-state index in [1.807, 2.05) is 48.2 Å². The van der Waals surface area contributed by atoms with E-state index < -0.39 is 0 Å². The fourth-order valence-corrected chi connectivity index (χ4v) is 7.87. The first-order valence-electron chi connectivity index (χ1n) is 20.2. The van der Waals surface area contributed by atoms with Crippen LogP contribution in [0.4, 0.5) is 17.1 Å². The van der Waals surface area contributed by atoms with Crippen molar-refractivity contribution in [2.75, 3.05) is 7.05 Å². The number of para-hydroxylation sites is 3. The first kappa shape index (κ1) is 36.8. The molecule has 0 saturated heterocycles. The quantitative estimate of drug-likeness (QED) is 0.151. The summed E-state index contributed by atoms with van der Waals surface area (Å²) >= 11 is 0. The highest BCUT2D eigenvalue weighted by Gasteiger charge is 2.32. The van der Waals surface area contributed by atoms with Crippen LogP contribution in [0.25, 0.3) is 61.8 Å². The van der Waals surface area contributed by atoms with Gasteiger partial charge in [0.05, 0.1) is 22.7 Å². The van der Waals surface area contributed by atoms with Crippen LogP contribution in [0.3, 0.4) is 0 Å². The van der Waals surface area contributed by atoms with E-state index in [1.54, 1.807) is 0 Å². The summed E-state index contributed by atoms with van der Waals surface area (Å²) in [7, 11) is 2.01. The minimum absolute atomic E-state index is 0.0641. The Hall–Kier alpha value is -7.54. The van der Waals surface area contributed by atoms with E-state index in [2.05, 4.69) is 165 Å². The standard InChI is InChI=1S/C52H43N7O/c1-33-18-22-35(23-19-33)49-54-50(36-24-20-34(2)21-25-36)56-51(55-49)42-30-41-40-14-7-8-15-43(40)59(48-28-37(26-27-53-48)52(3,4)5)46(41)31-47(42)60-39-13-11-12-38(29-39)58-32-57(6)44-16-9-10-17-45(44)58/h7-31H,1-6H3/q+2. The summed E-state index contributed by atoms with van der Waals surface area (Å²) in [6.07, 6.45) is 1.90. The largest absolute Gasteiger partial charge is 0.496 e. The van der Waals surface area contributed by atoms with Gasteiger partial charge in [-0.05, 0) is 59.7 Å². The normalized spacial score (nSPS) is 12.4. The number of aryl methyl sites for hydroxylation is 2. The van der Waals surface area contributed by atoms with Crippen molar-refractivity contribution in [2.24, 2.45) is 0 Å². The molecule has 60 heavy (non-hydrogen) atoms. The maximum absolute atomic E-state index is 7.07. The number of fused-ring (bicyclic) bond motifs is 4. The maximum Gasteiger partial charge on any atom is 0.496 e. The summed E-state index contributed by atoms with van der Waals surface area (Å²) in [5, 5.41) is 2.11. The minimum Gasteiger partial charge on any atom is -0.456 e. The van der Waals surface area contributed by atoms with E-state index in [4.69, 9.17) is 24.7 Å². The van der Waals surface area contributed by atoms with Crippen LogP contribution in [0, 0.1) is 13.8 Å². The molecule has 0 spiro atoms. The predicted octanol–water partition coefficient (Wildman–Crippen LogP) is 12.4. The molecule has 0 amide bonds. The molecule has 8 heteroatoms. The number of ether oxygens (including phenoxy) is 1. The summed E-state index contributed by atoms with van der Waals surface area (Å²) in [6.45, 7) is 10.8. The van der Waals surface area contributed by atoms with Crippen molar-refractivity contribution in [1.29, 1.82) is 0 Å². The number of aromatic nitrogens is 5. The molecule has 10 rings (SSSR count). The highest BCUT2D eigenvalue weighted by molar-refractivity contribution is 6.11. The van der Waals surface area contributed by atoms with Crippen LogP contribution in [0.1, 0.15) is 37.5 Å². The number of rotatable bonds is 7. The molecule has 0 atom stereocenters. The van der Waals surface area contributed by atoms with Crippen LogP contribution in [0.15, 0.2) is 152 Å². The Labute approximate surface area is 349 Å². The monoisotopic (exact) mass is 781 g/mol. The van der Waals surface area contributed by atoms with Gasteiger partial charge in [0.2, 0.25) is 5.69 Å². The predicted molar refractivity (Wildman–Crippen MR) is 242 cm³/mol. The second kappa shape index (κ2) is 14.4. The molecular formula is C52H43N7O+2. The van der Waals surface area contributed by atoms with Crippen LogP contribution < -0.4 is 9.31 Å². The molecule has 0 fully saturated rings. The summed E-state index contributed by atoms with van der Waals surface area (Å²) < 4.78 is 13.4. The van der Waals surface area contributed by atoms with Crippen molar-refractivity contribution in [2.45, 2.75) is 40.0 Å². The van der Waals surface area contributed by atoms with Crippen molar-refractivity contribution < 1.29 is 9.31 Å². The van der Waals surface area contributed by atoms with Crippen LogP contribution in [0.2, 0.25) is 0 Å². The lowest BCUT2D eigenvalue weighted by Gasteiger charge is -2.20. The van der Waals surface area contributed by atoms with Gasteiger partial charge in [0.25, 0.3) is 11.4 Å². The first-order valence-corrected chi connectivity index (χ1v) is 20.2. The minimum atomic E-state index is -0.0641. The van der Waals surface area contributed by atoms with Crippen molar-refractivity contribution in [1.82, 2.24) is 29.1 Å². The van der Waals surface area contributed by atoms with Gasteiger partial charge < -0.3 is 4.74 Å². The molecule has 3 aromatic heterocycles. The van der Waals surface area contributed by atoms with E-state index in [0.29, 0.717) is 29.0 Å². The fourth-order valence-electron chi connectivity index (χ4n) is 7.87. The van der Waals surface area contributed by atoms with Crippen LogP contribution in [-0.4, -0.2) is 42.1 Å². The zero-order valence-corrected chi connectivity index (χ0v) is 34.5. The Morgan fingerprint density at radius 3 is 1.95 bits per heavy atom. The average Bonchev–Trinajstić information content (AvgIpc) is 3.77. The van der Waals surface area contributed by atoms with Gasteiger partial charge in [0.1, 0.15) is 17.3 Å². The first-order chi connectivity index (χ1) is 29.1. The van der Waals surface area contributed by atoms with Gasteiger partial charge in [-0.25, -0.2) is 19.9 Å². The van der Waals surface area contributed by atoms with E-state index in [-0.39, 0.29) is 5.41 Å². The van der Waals surface area contributed by atoms with E-state index in [1.165, 1.54) is 5.56 Å². The van der Waals surface area contributed by atoms with Gasteiger partial charge in [0, 0.05) is 52.4 Å². The number of pyridine rings is 1. The summed E-state index contributed by atoms with van der Waals surface area (Å²) in [4.78, 5) is 20.4. The van der Waals surface area contributed by atoms with E-state index in [0.717, 1.165) is 72.5 Å². The molecule has 0 aliphatic carbocycles.